The van der Waals surface area contributed by atoms with Crippen LogP contribution in [0.3, 0.4) is 0 Å². The molecule has 0 bridgehead atoms. The molecule has 9 heteroatoms. The standard InChI is InChI=1S/C17H10ClF3N2O2S/c18-12-7-10(22-3-4-26)6-11(17(19,20)21)16(12)9-1-2-14-13(5-9)23-15(24)8-25-14/h1-7H,8H2,(H,23,24). The van der Waals surface area contributed by atoms with Crippen LogP contribution in [0.25, 0.3) is 11.1 Å². The topological polar surface area (TPSA) is 50.7 Å². The molecule has 0 saturated carbocycles. The Morgan fingerprint density at radius 2 is 2.04 bits per heavy atom. The summed E-state index contributed by atoms with van der Waals surface area (Å²) in [5.74, 6) is -0.0122. The second-order valence-corrected chi connectivity index (χ2v) is 5.99. The van der Waals surface area contributed by atoms with Gasteiger partial charge >= 0.3 is 6.18 Å². The number of hydrogen-bond donors (Lipinski definition) is 1. The highest BCUT2D eigenvalue weighted by molar-refractivity contribution is 7.80. The summed E-state index contributed by atoms with van der Waals surface area (Å²) in [5.41, 5.74) is -0.641. The fraction of sp³-hybridized carbons (Fsp3) is 0.118. The molecule has 1 N–H and O–H groups in total. The average molecular weight is 399 g/mol. The third-order valence-corrected chi connectivity index (χ3v) is 3.99. The van der Waals surface area contributed by atoms with E-state index in [1.54, 1.807) is 0 Å². The van der Waals surface area contributed by atoms with Crippen LogP contribution in [0.15, 0.2) is 35.3 Å². The zero-order chi connectivity index (χ0) is 18.9. The first-order valence-corrected chi connectivity index (χ1v) is 8.10. The summed E-state index contributed by atoms with van der Waals surface area (Å²) in [7, 11) is 0. The van der Waals surface area contributed by atoms with Crippen molar-refractivity contribution in [2.75, 3.05) is 11.9 Å². The second kappa shape index (κ2) is 7.05. The molecule has 4 nitrogen and oxygen atoms in total. The number of carbonyl (C=O) groups is 1. The van der Waals surface area contributed by atoms with E-state index in [2.05, 4.69) is 22.5 Å². The van der Waals surface area contributed by atoms with E-state index in [4.69, 9.17) is 16.3 Å². The van der Waals surface area contributed by atoms with Crippen LogP contribution in [0.4, 0.5) is 24.5 Å². The Morgan fingerprint density at radius 1 is 1.27 bits per heavy atom. The largest absolute Gasteiger partial charge is 0.482 e. The number of halogens is 4. The van der Waals surface area contributed by atoms with Gasteiger partial charge in [-0.3, -0.25) is 9.79 Å². The monoisotopic (exact) mass is 398 g/mol. The molecule has 0 atom stereocenters. The maximum absolute atomic E-state index is 13.6. The number of thiocarbonyl (C=S) groups is 1. The number of ether oxygens (including phenoxy) is 1. The first kappa shape index (κ1) is 18.3. The lowest BCUT2D eigenvalue weighted by atomic mass is 9.97. The highest BCUT2D eigenvalue weighted by atomic mass is 35.5. The van der Waals surface area contributed by atoms with E-state index in [-0.39, 0.29) is 40.0 Å². The van der Waals surface area contributed by atoms with Crippen LogP contribution >= 0.6 is 23.8 Å². The third-order valence-electron chi connectivity index (χ3n) is 3.57. The van der Waals surface area contributed by atoms with Gasteiger partial charge in [-0.2, -0.15) is 13.2 Å². The van der Waals surface area contributed by atoms with Gasteiger partial charge in [0.05, 0.1) is 22.0 Å². The lowest BCUT2D eigenvalue weighted by Gasteiger charge is -2.20. The molecule has 1 aliphatic rings. The first-order chi connectivity index (χ1) is 12.3. The van der Waals surface area contributed by atoms with Crippen molar-refractivity contribution < 1.29 is 22.7 Å². The molecule has 0 saturated heterocycles. The number of fused-ring (bicyclic) bond motifs is 1. The van der Waals surface area contributed by atoms with Crippen LogP contribution in [0.5, 0.6) is 5.75 Å². The normalized spacial score (nSPS) is 13.9. The van der Waals surface area contributed by atoms with Crippen molar-refractivity contribution in [1.82, 2.24) is 0 Å². The highest BCUT2D eigenvalue weighted by Gasteiger charge is 2.35. The van der Waals surface area contributed by atoms with Crippen molar-refractivity contribution in [3.63, 3.8) is 0 Å². The fourth-order valence-electron chi connectivity index (χ4n) is 2.54. The number of nitrogens with one attached hydrogen (secondary N) is 1. The van der Waals surface area contributed by atoms with Crippen molar-refractivity contribution in [2.24, 2.45) is 4.99 Å². The molecule has 2 aromatic carbocycles. The quantitative estimate of drug-likeness (QED) is 0.581. The summed E-state index contributed by atoms with van der Waals surface area (Å²) >= 11 is 10.7. The molecule has 1 aliphatic heterocycles. The summed E-state index contributed by atoms with van der Waals surface area (Å²) in [4.78, 5) is 15.3. The summed E-state index contributed by atoms with van der Waals surface area (Å²) < 4.78 is 46.0. The Morgan fingerprint density at radius 3 is 2.73 bits per heavy atom. The SMILES string of the molecule is O=C1COc2ccc(-c3c(Cl)cc(N=CC=S)cc3C(F)(F)F)cc2N1. The highest BCUT2D eigenvalue weighted by Crippen LogP contribution is 2.45. The minimum absolute atomic E-state index is 0.0294. The van der Waals surface area contributed by atoms with Gasteiger partial charge in [0.25, 0.3) is 5.91 Å². The molecule has 0 radical (unpaired) electrons. The zero-order valence-corrected chi connectivity index (χ0v) is 14.5. The van der Waals surface area contributed by atoms with Crippen LogP contribution in [0, 0.1) is 0 Å². The number of rotatable bonds is 3. The zero-order valence-electron chi connectivity index (χ0n) is 12.9. The van der Waals surface area contributed by atoms with Crippen molar-refractivity contribution in [3.05, 3.63) is 40.9 Å². The van der Waals surface area contributed by atoms with Crippen molar-refractivity contribution in [2.45, 2.75) is 6.18 Å². The number of amides is 1. The van der Waals surface area contributed by atoms with E-state index < -0.39 is 11.7 Å². The molecular formula is C17H10ClF3N2O2S. The molecule has 26 heavy (non-hydrogen) atoms. The fourth-order valence-corrected chi connectivity index (χ4v) is 2.92. The number of carbonyl (C=O) groups excluding carboxylic acids is 1. The van der Waals surface area contributed by atoms with Crippen LogP contribution in [0.2, 0.25) is 5.02 Å². The minimum Gasteiger partial charge on any atom is -0.482 e. The Labute approximate surface area is 156 Å². The maximum atomic E-state index is 13.6. The van der Waals surface area contributed by atoms with E-state index in [1.807, 2.05) is 0 Å². The van der Waals surface area contributed by atoms with Gasteiger partial charge in [0.1, 0.15) is 5.75 Å². The van der Waals surface area contributed by atoms with Gasteiger partial charge in [-0.25, -0.2) is 0 Å². The smallest absolute Gasteiger partial charge is 0.417 e. The van der Waals surface area contributed by atoms with Crippen molar-refractivity contribution in [1.29, 1.82) is 0 Å². The number of benzene rings is 2. The van der Waals surface area contributed by atoms with E-state index in [1.165, 1.54) is 35.8 Å². The Balaban J connectivity index is 2.18. The number of hydrogen-bond acceptors (Lipinski definition) is 4. The van der Waals surface area contributed by atoms with E-state index in [9.17, 15) is 18.0 Å². The van der Waals surface area contributed by atoms with Gasteiger partial charge in [-0.05, 0) is 29.8 Å². The van der Waals surface area contributed by atoms with Crippen LogP contribution in [0.1, 0.15) is 5.56 Å². The summed E-state index contributed by atoms with van der Waals surface area (Å²) in [6, 6.07) is 6.54. The molecule has 0 fully saturated rings. The molecule has 1 amide bonds. The van der Waals surface area contributed by atoms with Gasteiger partial charge in [-0.1, -0.05) is 29.9 Å². The molecule has 3 rings (SSSR count). The number of nitrogens with zero attached hydrogens (tertiary/aromatic N) is 1. The van der Waals surface area contributed by atoms with E-state index in [0.717, 1.165) is 6.07 Å². The lowest BCUT2D eigenvalue weighted by molar-refractivity contribution is -0.137. The predicted octanol–water partition coefficient (Wildman–Crippen LogP) is 5.06. The lowest BCUT2D eigenvalue weighted by Crippen LogP contribution is -2.25. The molecule has 2 aromatic rings. The minimum atomic E-state index is -4.65. The number of alkyl halides is 3. The first-order valence-electron chi connectivity index (χ1n) is 7.25. The third kappa shape index (κ3) is 3.71. The molecule has 0 unspecified atom stereocenters. The summed E-state index contributed by atoms with van der Waals surface area (Å²) in [6.07, 6.45) is -3.45. The second-order valence-electron chi connectivity index (χ2n) is 5.31. The molecule has 0 spiro atoms. The van der Waals surface area contributed by atoms with Gasteiger partial charge in [-0.15, -0.1) is 0 Å². The molecular weight excluding hydrogens is 389 g/mol. The Bertz CT molecular complexity index is 929. The number of aliphatic imine (C=N–C) groups is 1. The van der Waals surface area contributed by atoms with E-state index in [0.29, 0.717) is 5.75 Å². The predicted molar refractivity (Wildman–Crippen MR) is 97.8 cm³/mol. The average Bonchev–Trinajstić information content (AvgIpc) is 2.58. The van der Waals surface area contributed by atoms with Crippen LogP contribution in [-0.2, 0) is 11.0 Å². The Hall–Kier alpha value is -2.45. The van der Waals surface area contributed by atoms with Gasteiger partial charge in [0, 0.05) is 17.1 Å². The maximum Gasteiger partial charge on any atom is 0.417 e. The van der Waals surface area contributed by atoms with E-state index >= 15 is 0 Å². The van der Waals surface area contributed by atoms with Crippen LogP contribution < -0.4 is 10.1 Å². The van der Waals surface area contributed by atoms with Crippen LogP contribution in [-0.4, -0.2) is 24.1 Å². The molecule has 0 aromatic heterocycles. The van der Waals surface area contributed by atoms with Crippen molar-refractivity contribution in [3.8, 4) is 16.9 Å². The molecule has 1 heterocycles. The van der Waals surface area contributed by atoms with Gasteiger partial charge in [0.2, 0.25) is 0 Å². The Kier molecular flexibility index (Phi) is 4.97. The molecule has 134 valence electrons. The van der Waals surface area contributed by atoms with Gasteiger partial charge in [0.15, 0.2) is 6.61 Å². The molecule has 0 aliphatic carbocycles. The summed E-state index contributed by atoms with van der Waals surface area (Å²) in [5, 5.41) is 3.62. The number of anilines is 1. The summed E-state index contributed by atoms with van der Waals surface area (Å²) in [6.45, 7) is -0.145. The van der Waals surface area contributed by atoms with Gasteiger partial charge < -0.3 is 10.1 Å². The van der Waals surface area contributed by atoms with Crippen molar-refractivity contribution >= 4 is 52.7 Å².